The molecule has 0 fully saturated rings. The van der Waals surface area contributed by atoms with E-state index in [4.69, 9.17) is 15.3 Å². The van der Waals surface area contributed by atoms with Crippen LogP contribution in [0.25, 0.3) is 0 Å². The molecular weight excluding hydrogens is 202 g/mol. The van der Waals surface area contributed by atoms with Gasteiger partial charge in [-0.05, 0) is 0 Å². The topological polar surface area (TPSA) is 66.2 Å². The van der Waals surface area contributed by atoms with E-state index in [1.165, 1.54) is 0 Å². The van der Waals surface area contributed by atoms with Crippen molar-refractivity contribution in [1.29, 1.82) is 0 Å². The largest absolute Gasteiger partial charge is 0.356 e. The van der Waals surface area contributed by atoms with E-state index in [9.17, 15) is 0 Å². The Balaban J connectivity index is 0. The Morgan fingerprint density at radius 2 is 1.40 bits per heavy atom. The zero-order valence-electron chi connectivity index (χ0n) is 2.17. The average molecular weight is 202 g/mol. The summed E-state index contributed by atoms with van der Waals surface area (Å²) >= 11 is 0. The standard InChI is InChI=1S/Ce.NO3/c;2-1(3)4/q;-1. The van der Waals surface area contributed by atoms with Crippen LogP contribution in [0, 0.1) is 57.1 Å². The molecule has 0 radical (unpaired) electrons. The molecule has 0 aliphatic carbocycles. The molecule has 5 heavy (non-hydrogen) atoms. The number of nitrogens with zero attached hydrogens (tertiary/aromatic N) is 1. The molecule has 0 aliphatic heterocycles. The quantitative estimate of drug-likeness (QED) is 0.402. The third kappa shape index (κ3) is 91.4. The van der Waals surface area contributed by atoms with Crippen LogP contribution in [0.3, 0.4) is 0 Å². The van der Waals surface area contributed by atoms with Crippen LogP contribution in [0.2, 0.25) is 0 Å². The van der Waals surface area contributed by atoms with Crippen LogP contribution in [0.5, 0.6) is 0 Å². The number of rotatable bonds is 0. The predicted octanol–water partition coefficient (Wildman–Crippen LogP) is -0.239. The summed E-state index contributed by atoms with van der Waals surface area (Å²) in [5.74, 6) is 0. The van der Waals surface area contributed by atoms with Gasteiger partial charge in [-0.2, -0.15) is 0 Å². The SMILES string of the molecule is O=[N+]([O-])[O-].[Ce]. The second-order valence-corrected chi connectivity index (χ2v) is 0.224. The van der Waals surface area contributed by atoms with E-state index in [0.29, 0.717) is 0 Å². The first kappa shape index (κ1) is 9.13. The first-order valence-corrected chi connectivity index (χ1v) is 0.548. The first-order valence-electron chi connectivity index (χ1n) is 0.548. The van der Waals surface area contributed by atoms with E-state index < -0.39 is 5.09 Å². The zero-order chi connectivity index (χ0) is 3.58. The summed E-state index contributed by atoms with van der Waals surface area (Å²) in [5, 5.41) is 14.8. The maximum atomic E-state index is 8.25. The minimum atomic E-state index is -1.75. The molecule has 0 amide bonds. The molecule has 0 bridgehead atoms. The Hall–Kier alpha value is 0.577. The van der Waals surface area contributed by atoms with E-state index in [1.807, 2.05) is 0 Å². The van der Waals surface area contributed by atoms with Crippen molar-refractivity contribution >= 4 is 0 Å². The molecule has 0 N–H and O–H groups in total. The second kappa shape index (κ2) is 4.58. The maximum Gasteiger partial charge on any atom is 0.0689 e. The zero-order valence-corrected chi connectivity index (χ0v) is 5.31. The smallest absolute Gasteiger partial charge is 0.0689 e. The van der Waals surface area contributed by atoms with Gasteiger partial charge in [0.05, 0.1) is 5.09 Å². The maximum absolute atomic E-state index is 8.25. The summed E-state index contributed by atoms with van der Waals surface area (Å²) in [7, 11) is 0. The number of hydrogen-bond donors (Lipinski definition) is 0. The predicted molar refractivity (Wildman–Crippen MR) is 10.4 cm³/mol. The fourth-order valence-corrected chi connectivity index (χ4v) is 0. The van der Waals surface area contributed by atoms with Gasteiger partial charge < -0.3 is 15.3 Å². The second-order valence-electron chi connectivity index (χ2n) is 0.224. The van der Waals surface area contributed by atoms with Crippen molar-refractivity contribution in [3.05, 3.63) is 15.3 Å². The monoisotopic (exact) mass is 202 g/mol. The van der Waals surface area contributed by atoms with Gasteiger partial charge in [0.2, 0.25) is 0 Å². The molecular formula is CeNO3-. The molecule has 0 aromatic rings. The van der Waals surface area contributed by atoms with Gasteiger partial charge >= 0.3 is 0 Å². The molecule has 0 unspecified atom stereocenters. The van der Waals surface area contributed by atoms with Crippen LogP contribution in [0.1, 0.15) is 0 Å². The Kier molecular flexibility index (Phi) is 8.36. The summed E-state index contributed by atoms with van der Waals surface area (Å²) in [6.45, 7) is 0. The van der Waals surface area contributed by atoms with Gasteiger partial charge in [-0.1, -0.05) is 0 Å². The Bertz CT molecular complexity index is 29.9. The fourth-order valence-electron chi connectivity index (χ4n) is 0. The molecule has 28 valence electrons. The molecule has 0 aromatic carbocycles. The van der Waals surface area contributed by atoms with Crippen molar-refractivity contribution in [3.8, 4) is 0 Å². The Morgan fingerprint density at radius 1 is 1.40 bits per heavy atom. The van der Waals surface area contributed by atoms with E-state index in [2.05, 4.69) is 0 Å². The third-order valence-corrected chi connectivity index (χ3v) is 0. The van der Waals surface area contributed by atoms with Crippen molar-refractivity contribution in [1.82, 2.24) is 0 Å². The molecule has 5 heteroatoms. The van der Waals surface area contributed by atoms with Crippen LogP contribution in [-0.2, 0) is 0 Å². The van der Waals surface area contributed by atoms with E-state index in [1.54, 1.807) is 0 Å². The van der Waals surface area contributed by atoms with Gasteiger partial charge in [-0.25, -0.2) is 0 Å². The van der Waals surface area contributed by atoms with Crippen molar-refractivity contribution in [3.63, 3.8) is 0 Å². The van der Waals surface area contributed by atoms with Gasteiger partial charge in [-0.15, -0.1) is 0 Å². The molecule has 0 aliphatic rings. The molecule has 0 saturated carbocycles. The molecule has 0 spiro atoms. The van der Waals surface area contributed by atoms with E-state index in [-0.39, 0.29) is 41.7 Å². The molecule has 0 aromatic heterocycles. The normalized spacial score (nSPS) is 4.80. The van der Waals surface area contributed by atoms with Gasteiger partial charge in [0.25, 0.3) is 0 Å². The van der Waals surface area contributed by atoms with Crippen molar-refractivity contribution < 1.29 is 46.8 Å². The van der Waals surface area contributed by atoms with Gasteiger partial charge in [0.15, 0.2) is 0 Å². The minimum absolute atomic E-state index is 0. The van der Waals surface area contributed by atoms with E-state index >= 15 is 0 Å². The van der Waals surface area contributed by atoms with Gasteiger partial charge in [-0.3, -0.25) is 0 Å². The van der Waals surface area contributed by atoms with Gasteiger partial charge in [0.1, 0.15) is 0 Å². The van der Waals surface area contributed by atoms with Crippen LogP contribution in [0.15, 0.2) is 0 Å². The molecule has 0 rings (SSSR count). The first-order chi connectivity index (χ1) is 1.73. The van der Waals surface area contributed by atoms with Crippen LogP contribution >= 0.6 is 0 Å². The molecule has 0 saturated heterocycles. The third-order valence-electron chi connectivity index (χ3n) is 0. The van der Waals surface area contributed by atoms with Crippen molar-refractivity contribution in [2.24, 2.45) is 0 Å². The molecule has 4 nitrogen and oxygen atoms in total. The van der Waals surface area contributed by atoms with E-state index in [0.717, 1.165) is 0 Å². The summed E-state index contributed by atoms with van der Waals surface area (Å²) in [6.07, 6.45) is 0. The summed E-state index contributed by atoms with van der Waals surface area (Å²) < 4.78 is 0. The Morgan fingerprint density at radius 3 is 1.40 bits per heavy atom. The minimum Gasteiger partial charge on any atom is -0.356 e. The summed E-state index contributed by atoms with van der Waals surface area (Å²) in [5.41, 5.74) is 0. The van der Waals surface area contributed by atoms with Crippen molar-refractivity contribution in [2.75, 3.05) is 0 Å². The van der Waals surface area contributed by atoms with Crippen LogP contribution in [-0.4, -0.2) is 5.09 Å². The van der Waals surface area contributed by atoms with Gasteiger partial charge in [0, 0.05) is 41.7 Å². The van der Waals surface area contributed by atoms with Crippen LogP contribution in [0.4, 0.5) is 0 Å². The molecule has 0 atom stereocenters. The summed E-state index contributed by atoms with van der Waals surface area (Å²) in [4.78, 5) is 8.25. The fraction of sp³-hybridized carbons (Fsp3) is 0. The molecule has 0 heterocycles. The Labute approximate surface area is 61.7 Å². The van der Waals surface area contributed by atoms with Crippen molar-refractivity contribution in [2.45, 2.75) is 0 Å². The number of hydrogen-bond acceptors (Lipinski definition) is 3. The average Bonchev–Trinajstić information content (AvgIpc) is 0.811. The van der Waals surface area contributed by atoms with Crippen LogP contribution < -0.4 is 0 Å². The summed E-state index contributed by atoms with van der Waals surface area (Å²) in [6, 6.07) is 0.